The SMILES string of the molecule is CSCC[C@H](N)C(=O)Nc1ccc(N2CCCC2)cc1C. The van der Waals surface area contributed by atoms with E-state index in [0.29, 0.717) is 6.42 Å². The van der Waals surface area contributed by atoms with Crippen molar-refractivity contribution in [1.29, 1.82) is 0 Å². The number of thioether (sulfide) groups is 1. The van der Waals surface area contributed by atoms with Gasteiger partial charge in [-0.15, -0.1) is 0 Å². The second kappa shape index (κ2) is 7.71. The highest BCUT2D eigenvalue weighted by Crippen LogP contribution is 2.25. The lowest BCUT2D eigenvalue weighted by Crippen LogP contribution is -2.36. The summed E-state index contributed by atoms with van der Waals surface area (Å²) in [6, 6.07) is 5.79. The Hall–Kier alpha value is -1.20. The number of aryl methyl sites for hydroxylation is 1. The van der Waals surface area contributed by atoms with Gasteiger partial charge in [-0.1, -0.05) is 0 Å². The van der Waals surface area contributed by atoms with Crippen LogP contribution in [0.25, 0.3) is 0 Å². The second-order valence-corrected chi connectivity index (χ2v) is 6.56. The Morgan fingerprint density at radius 3 is 2.76 bits per heavy atom. The summed E-state index contributed by atoms with van der Waals surface area (Å²) in [6.07, 6.45) is 5.26. The molecule has 0 saturated carbocycles. The number of carbonyl (C=O) groups is 1. The van der Waals surface area contributed by atoms with Gasteiger partial charge in [-0.25, -0.2) is 0 Å². The maximum absolute atomic E-state index is 12.1. The van der Waals surface area contributed by atoms with Crippen molar-refractivity contribution in [3.63, 3.8) is 0 Å². The lowest BCUT2D eigenvalue weighted by Gasteiger charge is -2.20. The summed E-state index contributed by atoms with van der Waals surface area (Å²) in [5, 5.41) is 2.94. The van der Waals surface area contributed by atoms with Gasteiger partial charge in [-0.05, 0) is 62.0 Å². The van der Waals surface area contributed by atoms with Crippen LogP contribution in [0, 0.1) is 6.92 Å². The van der Waals surface area contributed by atoms with Crippen molar-refractivity contribution in [2.75, 3.05) is 35.3 Å². The number of nitrogens with zero attached hydrogens (tertiary/aromatic N) is 1. The fraction of sp³-hybridized carbons (Fsp3) is 0.562. The lowest BCUT2D eigenvalue weighted by atomic mass is 10.1. The lowest BCUT2D eigenvalue weighted by molar-refractivity contribution is -0.117. The molecule has 5 heteroatoms. The van der Waals surface area contributed by atoms with Gasteiger partial charge in [0.25, 0.3) is 0 Å². The molecule has 1 fully saturated rings. The van der Waals surface area contributed by atoms with Crippen molar-refractivity contribution in [2.45, 2.75) is 32.2 Å². The molecule has 0 bridgehead atoms. The van der Waals surface area contributed by atoms with Crippen molar-refractivity contribution in [3.05, 3.63) is 23.8 Å². The highest BCUT2D eigenvalue weighted by atomic mass is 32.2. The van der Waals surface area contributed by atoms with E-state index in [0.717, 1.165) is 30.1 Å². The Morgan fingerprint density at radius 2 is 2.14 bits per heavy atom. The van der Waals surface area contributed by atoms with Crippen molar-refractivity contribution in [1.82, 2.24) is 0 Å². The predicted molar refractivity (Wildman–Crippen MR) is 92.2 cm³/mol. The molecule has 0 radical (unpaired) electrons. The van der Waals surface area contributed by atoms with E-state index in [1.165, 1.54) is 18.5 Å². The molecule has 1 aliphatic heterocycles. The van der Waals surface area contributed by atoms with Crippen molar-refractivity contribution >= 4 is 29.0 Å². The molecular formula is C16H25N3OS. The van der Waals surface area contributed by atoms with E-state index in [-0.39, 0.29) is 5.91 Å². The standard InChI is InChI=1S/C16H25N3OS/c1-12-11-13(19-8-3-4-9-19)5-6-15(12)18-16(20)14(17)7-10-21-2/h5-6,11,14H,3-4,7-10,17H2,1-2H3,(H,18,20)/t14-/m0/s1. The first-order chi connectivity index (χ1) is 10.1. The summed E-state index contributed by atoms with van der Waals surface area (Å²) < 4.78 is 0. The van der Waals surface area contributed by atoms with Gasteiger partial charge < -0.3 is 16.0 Å². The third kappa shape index (κ3) is 4.38. The molecule has 1 amide bonds. The highest BCUT2D eigenvalue weighted by molar-refractivity contribution is 7.98. The van der Waals surface area contributed by atoms with Crippen molar-refractivity contribution in [3.8, 4) is 0 Å². The minimum absolute atomic E-state index is 0.0962. The molecule has 1 aromatic carbocycles. The number of benzene rings is 1. The van der Waals surface area contributed by atoms with Crippen LogP contribution in [-0.4, -0.2) is 37.0 Å². The van der Waals surface area contributed by atoms with Crippen LogP contribution >= 0.6 is 11.8 Å². The average molecular weight is 307 g/mol. The van der Waals surface area contributed by atoms with Gasteiger partial charge in [0.15, 0.2) is 0 Å². The van der Waals surface area contributed by atoms with Crippen LogP contribution in [-0.2, 0) is 4.79 Å². The number of nitrogens with one attached hydrogen (secondary N) is 1. The Kier molecular flexibility index (Phi) is 5.94. The molecule has 116 valence electrons. The van der Waals surface area contributed by atoms with Crippen LogP contribution < -0.4 is 16.0 Å². The molecule has 4 nitrogen and oxygen atoms in total. The molecule has 1 atom stereocenters. The molecule has 0 unspecified atom stereocenters. The highest BCUT2D eigenvalue weighted by Gasteiger charge is 2.16. The fourth-order valence-electron chi connectivity index (χ4n) is 2.56. The normalized spacial score (nSPS) is 16.0. The Labute approximate surface area is 131 Å². The van der Waals surface area contributed by atoms with Gasteiger partial charge in [0.1, 0.15) is 0 Å². The summed E-state index contributed by atoms with van der Waals surface area (Å²) in [4.78, 5) is 14.4. The Balaban J connectivity index is 1.98. The Morgan fingerprint density at radius 1 is 1.43 bits per heavy atom. The average Bonchev–Trinajstić information content (AvgIpc) is 3.00. The number of amides is 1. The summed E-state index contributed by atoms with van der Waals surface area (Å²) in [7, 11) is 0. The zero-order valence-electron chi connectivity index (χ0n) is 12.9. The van der Waals surface area contributed by atoms with E-state index in [4.69, 9.17) is 5.73 Å². The summed E-state index contributed by atoms with van der Waals surface area (Å²) in [5.74, 6) is 0.808. The summed E-state index contributed by atoms with van der Waals surface area (Å²) in [6.45, 7) is 4.29. The maximum Gasteiger partial charge on any atom is 0.241 e. The summed E-state index contributed by atoms with van der Waals surface area (Å²) >= 11 is 1.71. The molecule has 1 aliphatic rings. The zero-order chi connectivity index (χ0) is 15.2. The monoisotopic (exact) mass is 307 g/mol. The van der Waals surface area contributed by atoms with Gasteiger partial charge in [-0.2, -0.15) is 11.8 Å². The van der Waals surface area contributed by atoms with Gasteiger partial charge in [0.05, 0.1) is 6.04 Å². The number of nitrogens with two attached hydrogens (primary N) is 1. The first kappa shape index (κ1) is 16.2. The fourth-order valence-corrected chi connectivity index (χ4v) is 3.05. The molecule has 1 aromatic rings. The van der Waals surface area contributed by atoms with Crippen molar-refractivity contribution < 1.29 is 4.79 Å². The molecule has 2 rings (SSSR count). The molecule has 0 aromatic heterocycles. The van der Waals surface area contributed by atoms with Crippen molar-refractivity contribution in [2.24, 2.45) is 5.73 Å². The quantitative estimate of drug-likeness (QED) is 0.848. The summed E-state index contributed by atoms with van der Waals surface area (Å²) in [5.41, 5.74) is 9.09. The molecular weight excluding hydrogens is 282 g/mol. The van der Waals surface area contributed by atoms with Gasteiger partial charge in [-0.3, -0.25) is 4.79 Å². The van der Waals surface area contributed by atoms with E-state index < -0.39 is 6.04 Å². The van der Waals surface area contributed by atoms with E-state index >= 15 is 0 Å². The van der Waals surface area contributed by atoms with Crippen LogP contribution in [0.5, 0.6) is 0 Å². The van der Waals surface area contributed by atoms with Crippen LogP contribution in [0.3, 0.4) is 0 Å². The van der Waals surface area contributed by atoms with Gasteiger partial charge >= 0.3 is 0 Å². The number of hydrogen-bond donors (Lipinski definition) is 2. The molecule has 0 aliphatic carbocycles. The van der Waals surface area contributed by atoms with Crippen LogP contribution in [0.2, 0.25) is 0 Å². The minimum atomic E-state index is -0.435. The Bertz CT molecular complexity index is 486. The largest absolute Gasteiger partial charge is 0.372 e. The second-order valence-electron chi connectivity index (χ2n) is 5.57. The maximum atomic E-state index is 12.1. The van der Waals surface area contributed by atoms with E-state index in [9.17, 15) is 4.79 Å². The van der Waals surface area contributed by atoms with E-state index in [1.807, 2.05) is 19.2 Å². The van der Waals surface area contributed by atoms with Crippen LogP contribution in [0.1, 0.15) is 24.8 Å². The third-order valence-corrected chi connectivity index (χ3v) is 4.55. The van der Waals surface area contributed by atoms with Gasteiger partial charge in [0, 0.05) is 24.5 Å². The van der Waals surface area contributed by atoms with Crippen LogP contribution in [0.4, 0.5) is 11.4 Å². The molecule has 1 saturated heterocycles. The first-order valence-electron chi connectivity index (χ1n) is 7.53. The first-order valence-corrected chi connectivity index (χ1v) is 8.92. The molecule has 1 heterocycles. The van der Waals surface area contributed by atoms with Gasteiger partial charge in [0.2, 0.25) is 5.91 Å². The van der Waals surface area contributed by atoms with E-state index in [1.54, 1.807) is 11.8 Å². The molecule has 21 heavy (non-hydrogen) atoms. The number of hydrogen-bond acceptors (Lipinski definition) is 4. The number of carbonyl (C=O) groups excluding carboxylic acids is 1. The van der Waals surface area contributed by atoms with E-state index in [2.05, 4.69) is 22.3 Å². The number of rotatable bonds is 6. The van der Waals surface area contributed by atoms with Crippen LogP contribution in [0.15, 0.2) is 18.2 Å². The molecule has 0 spiro atoms. The topological polar surface area (TPSA) is 58.4 Å². The molecule has 3 N–H and O–H groups in total. The zero-order valence-corrected chi connectivity index (χ0v) is 13.7. The smallest absolute Gasteiger partial charge is 0.241 e. The third-order valence-electron chi connectivity index (χ3n) is 3.91. The minimum Gasteiger partial charge on any atom is -0.372 e. The number of anilines is 2. The predicted octanol–water partition coefficient (Wildman–Crippen LogP) is 2.61.